The highest BCUT2D eigenvalue weighted by Crippen LogP contribution is 2.43. The Morgan fingerprint density at radius 3 is 2.83 bits per heavy atom. The Labute approximate surface area is 110 Å². The Morgan fingerprint density at radius 2 is 2.17 bits per heavy atom. The molecule has 1 aliphatic rings. The number of aryl methyl sites for hydroxylation is 1. The van der Waals surface area contributed by atoms with Crippen molar-refractivity contribution in [1.82, 2.24) is 4.98 Å². The van der Waals surface area contributed by atoms with Crippen molar-refractivity contribution in [3.05, 3.63) is 45.7 Å². The number of nitrogens with zero attached hydrogens (tertiary/aromatic N) is 1. The molecule has 1 aromatic heterocycles. The number of hydrogen-bond acceptors (Lipinski definition) is 3. The number of halogens is 1. The molecule has 0 unspecified atom stereocenters. The van der Waals surface area contributed by atoms with Crippen LogP contribution in [0.2, 0.25) is 0 Å². The van der Waals surface area contributed by atoms with Gasteiger partial charge in [0.1, 0.15) is 5.82 Å². The summed E-state index contributed by atoms with van der Waals surface area (Å²) in [7, 11) is 0. The molecule has 94 valence electrons. The SMILES string of the molecule is Cc1cc(F)cc(Cc2sc(N)nc2C2CC2)c1. The molecule has 1 heterocycles. The van der Waals surface area contributed by atoms with Crippen molar-refractivity contribution in [2.75, 3.05) is 5.73 Å². The van der Waals surface area contributed by atoms with Gasteiger partial charge in [-0.3, -0.25) is 0 Å². The zero-order valence-corrected chi connectivity index (χ0v) is 11.1. The minimum Gasteiger partial charge on any atom is -0.375 e. The Morgan fingerprint density at radius 1 is 1.39 bits per heavy atom. The van der Waals surface area contributed by atoms with E-state index >= 15 is 0 Å². The van der Waals surface area contributed by atoms with Gasteiger partial charge in [0.05, 0.1) is 5.69 Å². The van der Waals surface area contributed by atoms with Gasteiger partial charge in [-0.15, -0.1) is 11.3 Å². The number of thiazole rings is 1. The molecule has 1 fully saturated rings. The topological polar surface area (TPSA) is 38.9 Å². The molecular weight excluding hydrogens is 247 g/mol. The first-order chi connectivity index (χ1) is 8.61. The van der Waals surface area contributed by atoms with Crippen molar-refractivity contribution in [1.29, 1.82) is 0 Å². The van der Waals surface area contributed by atoms with Gasteiger partial charge >= 0.3 is 0 Å². The lowest BCUT2D eigenvalue weighted by Crippen LogP contribution is -1.93. The van der Waals surface area contributed by atoms with Crippen LogP contribution in [0, 0.1) is 12.7 Å². The molecule has 18 heavy (non-hydrogen) atoms. The second kappa shape index (κ2) is 4.35. The Bertz CT molecular complexity index is 567. The van der Waals surface area contributed by atoms with Crippen molar-refractivity contribution in [3.8, 4) is 0 Å². The zero-order chi connectivity index (χ0) is 12.7. The summed E-state index contributed by atoms with van der Waals surface area (Å²) in [5.74, 6) is 0.415. The van der Waals surface area contributed by atoms with Gasteiger partial charge in [-0.25, -0.2) is 9.37 Å². The molecule has 0 bridgehead atoms. The van der Waals surface area contributed by atoms with E-state index in [0.717, 1.165) is 23.2 Å². The minimum atomic E-state index is -0.171. The molecule has 0 saturated heterocycles. The lowest BCUT2D eigenvalue weighted by Gasteiger charge is -2.03. The van der Waals surface area contributed by atoms with Gasteiger partial charge in [0, 0.05) is 17.2 Å². The maximum Gasteiger partial charge on any atom is 0.180 e. The van der Waals surface area contributed by atoms with Crippen LogP contribution in [0.1, 0.15) is 40.5 Å². The van der Waals surface area contributed by atoms with Crippen LogP contribution in [0.25, 0.3) is 0 Å². The van der Waals surface area contributed by atoms with Crippen LogP contribution >= 0.6 is 11.3 Å². The lowest BCUT2D eigenvalue weighted by atomic mass is 10.1. The van der Waals surface area contributed by atoms with Crippen molar-refractivity contribution in [2.24, 2.45) is 0 Å². The summed E-state index contributed by atoms with van der Waals surface area (Å²) in [5.41, 5.74) is 8.88. The number of benzene rings is 1. The first-order valence-corrected chi connectivity index (χ1v) is 6.94. The first-order valence-electron chi connectivity index (χ1n) is 6.13. The summed E-state index contributed by atoms with van der Waals surface area (Å²) < 4.78 is 13.4. The molecule has 0 aliphatic heterocycles. The van der Waals surface area contributed by atoms with Crippen LogP contribution in [-0.4, -0.2) is 4.98 Å². The van der Waals surface area contributed by atoms with Gasteiger partial charge in [0.25, 0.3) is 0 Å². The molecule has 1 aromatic carbocycles. The summed E-state index contributed by atoms with van der Waals surface area (Å²) in [6.07, 6.45) is 3.15. The van der Waals surface area contributed by atoms with Crippen LogP contribution in [-0.2, 0) is 6.42 Å². The predicted octanol–water partition coefficient (Wildman–Crippen LogP) is 3.64. The quantitative estimate of drug-likeness (QED) is 0.917. The van der Waals surface area contributed by atoms with Crippen LogP contribution in [0.15, 0.2) is 18.2 Å². The molecule has 2 nitrogen and oxygen atoms in total. The maximum absolute atomic E-state index is 13.4. The van der Waals surface area contributed by atoms with Gasteiger partial charge in [0.15, 0.2) is 5.13 Å². The van der Waals surface area contributed by atoms with E-state index in [2.05, 4.69) is 4.98 Å². The second-order valence-electron chi connectivity index (χ2n) is 4.95. The molecule has 2 aromatic rings. The molecule has 0 atom stereocenters. The fraction of sp³-hybridized carbons (Fsp3) is 0.357. The fourth-order valence-corrected chi connectivity index (χ4v) is 3.24. The average molecular weight is 262 g/mol. The highest BCUT2D eigenvalue weighted by molar-refractivity contribution is 7.15. The first kappa shape index (κ1) is 11.7. The van der Waals surface area contributed by atoms with Crippen molar-refractivity contribution in [3.63, 3.8) is 0 Å². The average Bonchev–Trinajstić information content (AvgIpc) is 3.02. The normalized spacial score (nSPS) is 15.0. The Hall–Kier alpha value is -1.42. The molecule has 1 aliphatic carbocycles. The molecule has 0 spiro atoms. The number of hydrogen-bond donors (Lipinski definition) is 1. The molecule has 3 rings (SSSR count). The zero-order valence-electron chi connectivity index (χ0n) is 10.2. The molecule has 2 N–H and O–H groups in total. The van der Waals surface area contributed by atoms with E-state index in [-0.39, 0.29) is 5.82 Å². The highest BCUT2D eigenvalue weighted by atomic mass is 32.1. The lowest BCUT2D eigenvalue weighted by molar-refractivity contribution is 0.624. The molecule has 0 amide bonds. The van der Waals surface area contributed by atoms with Gasteiger partial charge in [-0.05, 0) is 43.0 Å². The largest absolute Gasteiger partial charge is 0.375 e. The van der Waals surface area contributed by atoms with Crippen LogP contribution in [0.5, 0.6) is 0 Å². The Balaban J connectivity index is 1.91. The van der Waals surface area contributed by atoms with E-state index in [0.29, 0.717) is 11.0 Å². The predicted molar refractivity (Wildman–Crippen MR) is 72.4 cm³/mol. The van der Waals surface area contributed by atoms with Crippen molar-refractivity contribution in [2.45, 2.75) is 32.1 Å². The van der Waals surface area contributed by atoms with Gasteiger partial charge < -0.3 is 5.73 Å². The summed E-state index contributed by atoms with van der Waals surface area (Å²) >= 11 is 1.53. The summed E-state index contributed by atoms with van der Waals surface area (Å²) in [6, 6.07) is 5.17. The van der Waals surface area contributed by atoms with E-state index in [1.807, 2.05) is 13.0 Å². The number of aromatic nitrogens is 1. The minimum absolute atomic E-state index is 0.171. The molecule has 0 radical (unpaired) electrons. The van der Waals surface area contributed by atoms with E-state index in [9.17, 15) is 4.39 Å². The van der Waals surface area contributed by atoms with Crippen molar-refractivity contribution >= 4 is 16.5 Å². The smallest absolute Gasteiger partial charge is 0.180 e. The van der Waals surface area contributed by atoms with E-state index < -0.39 is 0 Å². The van der Waals surface area contributed by atoms with Gasteiger partial charge in [0.2, 0.25) is 0 Å². The highest BCUT2D eigenvalue weighted by Gasteiger charge is 2.29. The molecule has 1 saturated carbocycles. The van der Waals surface area contributed by atoms with Gasteiger partial charge in [-0.1, -0.05) is 6.07 Å². The van der Waals surface area contributed by atoms with E-state index in [1.54, 1.807) is 12.1 Å². The Kier molecular flexibility index (Phi) is 2.82. The standard InChI is InChI=1S/C14H15FN2S/c1-8-4-9(6-11(15)5-8)7-12-13(10-2-3-10)17-14(16)18-12/h4-6,10H,2-3,7H2,1H3,(H2,16,17). The number of nitrogen functional groups attached to an aromatic ring is 1. The summed E-state index contributed by atoms with van der Waals surface area (Å²) in [6.45, 7) is 1.91. The second-order valence-corrected chi connectivity index (χ2v) is 6.06. The summed E-state index contributed by atoms with van der Waals surface area (Å²) in [4.78, 5) is 5.61. The van der Waals surface area contributed by atoms with Crippen LogP contribution < -0.4 is 5.73 Å². The van der Waals surface area contributed by atoms with E-state index in [1.165, 1.54) is 29.1 Å². The maximum atomic E-state index is 13.4. The third-order valence-electron chi connectivity index (χ3n) is 3.17. The summed E-state index contributed by atoms with van der Waals surface area (Å²) in [5, 5.41) is 0.625. The molecular formula is C14H15FN2S. The van der Waals surface area contributed by atoms with Crippen molar-refractivity contribution < 1.29 is 4.39 Å². The third-order valence-corrected chi connectivity index (χ3v) is 4.08. The van der Waals surface area contributed by atoms with E-state index in [4.69, 9.17) is 5.73 Å². The number of nitrogens with two attached hydrogens (primary N) is 1. The van der Waals surface area contributed by atoms with Gasteiger partial charge in [-0.2, -0.15) is 0 Å². The number of anilines is 1. The third kappa shape index (κ3) is 2.38. The van der Waals surface area contributed by atoms with Crippen LogP contribution in [0.4, 0.5) is 9.52 Å². The monoisotopic (exact) mass is 262 g/mol. The van der Waals surface area contributed by atoms with Crippen LogP contribution in [0.3, 0.4) is 0 Å². The molecule has 4 heteroatoms. The number of rotatable bonds is 3. The fourth-order valence-electron chi connectivity index (χ4n) is 2.28.